The molecule has 2 N–H and O–H groups in total. The fourth-order valence-electron chi connectivity index (χ4n) is 1.22. The molecule has 0 bridgehead atoms. The van der Waals surface area contributed by atoms with Crippen molar-refractivity contribution in [2.24, 2.45) is 0 Å². The van der Waals surface area contributed by atoms with E-state index in [0.717, 1.165) is 17.4 Å². The summed E-state index contributed by atoms with van der Waals surface area (Å²) in [5.41, 5.74) is -0.450. The van der Waals surface area contributed by atoms with Gasteiger partial charge in [-0.15, -0.1) is 0 Å². The van der Waals surface area contributed by atoms with E-state index in [1.165, 1.54) is 0 Å². The molecule has 1 rings (SSSR count). The molecule has 0 spiro atoms. The molecular formula is C10H11BrF2N2O4S. The predicted molar refractivity (Wildman–Crippen MR) is 71.5 cm³/mol. The van der Waals surface area contributed by atoms with Crippen LogP contribution in [-0.2, 0) is 15.0 Å². The maximum absolute atomic E-state index is 13.5. The third kappa shape index (κ3) is 4.39. The fourth-order valence-corrected chi connectivity index (χ4v) is 2.81. The van der Waals surface area contributed by atoms with Crippen LogP contribution in [0, 0.1) is 11.6 Å². The lowest BCUT2D eigenvalue weighted by Crippen LogP contribution is -2.34. The Hall–Kier alpha value is -1.26. The average Bonchev–Trinajstić information content (AvgIpc) is 2.30. The molecule has 0 heterocycles. The number of nitrogens with one attached hydrogen (secondary N) is 1. The van der Waals surface area contributed by atoms with Crippen LogP contribution in [0.1, 0.15) is 6.42 Å². The van der Waals surface area contributed by atoms with Gasteiger partial charge in [0.15, 0.2) is 5.82 Å². The molecule has 0 amide bonds. The molecule has 1 aromatic rings. The largest absolute Gasteiger partial charge is 0.481 e. The number of hydrogen-bond donors (Lipinski definition) is 2. The number of carbonyl (C=O) groups is 1. The summed E-state index contributed by atoms with van der Waals surface area (Å²) < 4.78 is 52.6. The highest BCUT2D eigenvalue weighted by Crippen LogP contribution is 2.28. The lowest BCUT2D eigenvalue weighted by atomic mass is 10.3. The van der Waals surface area contributed by atoms with Crippen molar-refractivity contribution in [3.63, 3.8) is 0 Å². The molecule has 0 aliphatic rings. The topological polar surface area (TPSA) is 86.7 Å². The molecule has 20 heavy (non-hydrogen) atoms. The number of hydrogen-bond acceptors (Lipinski definition) is 3. The summed E-state index contributed by atoms with van der Waals surface area (Å²) in [6.07, 6.45) is -0.398. The zero-order valence-corrected chi connectivity index (χ0v) is 12.6. The summed E-state index contributed by atoms with van der Waals surface area (Å²) in [6.45, 7) is -0.287. The van der Waals surface area contributed by atoms with Gasteiger partial charge in [-0.3, -0.25) is 9.52 Å². The van der Waals surface area contributed by atoms with Gasteiger partial charge in [0, 0.05) is 24.1 Å². The SMILES string of the molecule is CN(CCC(=O)O)S(=O)(=O)Nc1c(F)cc(F)cc1Br. The van der Waals surface area contributed by atoms with Crippen LogP contribution in [0.2, 0.25) is 0 Å². The van der Waals surface area contributed by atoms with E-state index in [4.69, 9.17) is 5.11 Å². The highest BCUT2D eigenvalue weighted by molar-refractivity contribution is 9.10. The quantitative estimate of drug-likeness (QED) is 0.796. The lowest BCUT2D eigenvalue weighted by molar-refractivity contribution is -0.137. The monoisotopic (exact) mass is 372 g/mol. The second-order valence-corrected chi connectivity index (χ2v) is 6.45. The second kappa shape index (κ2) is 6.46. The molecule has 0 aliphatic carbocycles. The third-order valence-electron chi connectivity index (χ3n) is 2.29. The number of anilines is 1. The van der Waals surface area contributed by atoms with E-state index in [1.807, 2.05) is 4.72 Å². The summed E-state index contributed by atoms with van der Waals surface area (Å²) in [6, 6.07) is 1.43. The van der Waals surface area contributed by atoms with Crippen molar-refractivity contribution in [1.29, 1.82) is 0 Å². The highest BCUT2D eigenvalue weighted by Gasteiger charge is 2.21. The zero-order valence-electron chi connectivity index (χ0n) is 10.2. The minimum atomic E-state index is -4.14. The van der Waals surface area contributed by atoms with Gasteiger partial charge in [-0.2, -0.15) is 12.7 Å². The van der Waals surface area contributed by atoms with Gasteiger partial charge in [-0.25, -0.2) is 8.78 Å². The number of aliphatic carboxylic acids is 1. The molecule has 0 aromatic heterocycles. The van der Waals surface area contributed by atoms with E-state index in [1.54, 1.807) is 0 Å². The maximum Gasteiger partial charge on any atom is 0.304 e. The molecule has 1 aromatic carbocycles. The predicted octanol–water partition coefficient (Wildman–Crippen LogP) is 1.79. The third-order valence-corrected chi connectivity index (χ3v) is 4.38. The van der Waals surface area contributed by atoms with Gasteiger partial charge in [-0.05, 0) is 22.0 Å². The summed E-state index contributed by atoms with van der Waals surface area (Å²) in [7, 11) is -3.00. The van der Waals surface area contributed by atoms with E-state index in [-0.39, 0.29) is 11.0 Å². The highest BCUT2D eigenvalue weighted by atomic mass is 79.9. The minimum Gasteiger partial charge on any atom is -0.481 e. The van der Waals surface area contributed by atoms with Crippen LogP contribution in [0.3, 0.4) is 0 Å². The van der Waals surface area contributed by atoms with Crippen molar-refractivity contribution in [2.45, 2.75) is 6.42 Å². The van der Waals surface area contributed by atoms with Crippen LogP contribution < -0.4 is 4.72 Å². The second-order valence-electron chi connectivity index (χ2n) is 3.82. The first-order chi connectivity index (χ1) is 9.13. The molecule has 0 saturated heterocycles. The van der Waals surface area contributed by atoms with Crippen molar-refractivity contribution in [1.82, 2.24) is 4.31 Å². The van der Waals surface area contributed by atoms with Gasteiger partial charge in [0.05, 0.1) is 12.1 Å². The Morgan fingerprint density at radius 3 is 2.55 bits per heavy atom. The van der Waals surface area contributed by atoms with Crippen molar-refractivity contribution >= 4 is 37.8 Å². The summed E-state index contributed by atoms with van der Waals surface area (Å²) in [5, 5.41) is 8.49. The van der Waals surface area contributed by atoms with E-state index in [2.05, 4.69) is 15.9 Å². The number of carboxylic acid groups (broad SMARTS) is 1. The van der Waals surface area contributed by atoms with Crippen LogP contribution in [-0.4, -0.2) is 37.4 Å². The van der Waals surface area contributed by atoms with Crippen LogP contribution in [0.25, 0.3) is 0 Å². The molecule has 0 unspecified atom stereocenters. The van der Waals surface area contributed by atoms with Crippen molar-refractivity contribution in [3.8, 4) is 0 Å². The van der Waals surface area contributed by atoms with Gasteiger partial charge in [0.25, 0.3) is 0 Å². The molecule has 0 saturated carbocycles. The smallest absolute Gasteiger partial charge is 0.304 e. The average molecular weight is 373 g/mol. The van der Waals surface area contributed by atoms with Gasteiger partial charge < -0.3 is 5.11 Å². The molecule has 0 aliphatic heterocycles. The summed E-state index contributed by atoms with van der Waals surface area (Å²) in [4.78, 5) is 10.4. The molecule has 0 atom stereocenters. The molecule has 10 heteroatoms. The fraction of sp³-hybridized carbons (Fsp3) is 0.300. The normalized spacial score (nSPS) is 11.7. The summed E-state index contributed by atoms with van der Waals surface area (Å²) >= 11 is 2.84. The minimum absolute atomic E-state index is 0.106. The number of nitrogens with zero attached hydrogens (tertiary/aromatic N) is 1. The number of rotatable bonds is 6. The first kappa shape index (κ1) is 16.8. The van der Waals surface area contributed by atoms with Crippen LogP contribution in [0.4, 0.5) is 14.5 Å². The van der Waals surface area contributed by atoms with Crippen LogP contribution in [0.5, 0.6) is 0 Å². The van der Waals surface area contributed by atoms with Crippen molar-refractivity contribution < 1.29 is 27.1 Å². The Morgan fingerprint density at radius 2 is 2.05 bits per heavy atom. The Kier molecular flexibility index (Phi) is 5.42. The molecular weight excluding hydrogens is 362 g/mol. The Bertz CT molecular complexity index is 601. The Labute approximate surface area is 122 Å². The van der Waals surface area contributed by atoms with Gasteiger partial charge in [0.2, 0.25) is 0 Å². The molecule has 112 valence electrons. The number of halogens is 3. The molecule has 6 nitrogen and oxygen atoms in total. The molecule has 0 radical (unpaired) electrons. The first-order valence-corrected chi connectivity index (χ1v) is 7.47. The maximum atomic E-state index is 13.5. The zero-order chi connectivity index (χ0) is 15.5. The Morgan fingerprint density at radius 1 is 1.45 bits per heavy atom. The van der Waals surface area contributed by atoms with Gasteiger partial charge in [0.1, 0.15) is 5.82 Å². The summed E-state index contributed by atoms with van der Waals surface area (Å²) in [5.74, 6) is -3.12. The standard InChI is InChI=1S/C10H11BrF2N2O4S/c1-15(3-2-9(16)17)20(18,19)14-10-7(11)4-6(12)5-8(10)13/h4-5,14H,2-3H2,1H3,(H,16,17). The van der Waals surface area contributed by atoms with E-state index >= 15 is 0 Å². The number of benzene rings is 1. The molecule has 0 fully saturated rings. The van der Waals surface area contributed by atoms with E-state index in [0.29, 0.717) is 6.07 Å². The van der Waals surface area contributed by atoms with Gasteiger partial charge in [-0.1, -0.05) is 0 Å². The van der Waals surface area contributed by atoms with E-state index in [9.17, 15) is 22.0 Å². The lowest BCUT2D eigenvalue weighted by Gasteiger charge is -2.18. The Balaban J connectivity index is 2.94. The first-order valence-electron chi connectivity index (χ1n) is 5.24. The van der Waals surface area contributed by atoms with Crippen molar-refractivity contribution in [2.75, 3.05) is 18.3 Å². The number of carboxylic acids is 1. The van der Waals surface area contributed by atoms with E-state index < -0.39 is 39.9 Å². The van der Waals surface area contributed by atoms with Gasteiger partial charge >= 0.3 is 16.2 Å². The van der Waals surface area contributed by atoms with Crippen LogP contribution in [0.15, 0.2) is 16.6 Å². The van der Waals surface area contributed by atoms with Crippen LogP contribution >= 0.6 is 15.9 Å². The van der Waals surface area contributed by atoms with Crippen molar-refractivity contribution in [3.05, 3.63) is 28.2 Å².